The highest BCUT2D eigenvalue weighted by atomic mass is 31.2. The summed E-state index contributed by atoms with van der Waals surface area (Å²) in [6.45, 7) is 3.38. The largest absolute Gasteiger partial charge is 0.480 e. The van der Waals surface area contributed by atoms with Crippen LogP contribution in [-0.4, -0.2) is 59.9 Å². The minimum absolute atomic E-state index is 0.115. The van der Waals surface area contributed by atoms with Crippen molar-refractivity contribution in [2.75, 3.05) is 19.8 Å². The average Bonchev–Trinajstić information content (AvgIpc) is 3.17. The van der Waals surface area contributed by atoms with Gasteiger partial charge in [0.25, 0.3) is 0 Å². The van der Waals surface area contributed by atoms with Crippen LogP contribution < -0.4 is 5.73 Å². The summed E-state index contributed by atoms with van der Waals surface area (Å²) in [6, 6.07) is -1.32. The van der Waals surface area contributed by atoms with Crippen molar-refractivity contribution in [1.82, 2.24) is 0 Å². The van der Waals surface area contributed by atoms with Gasteiger partial charge in [-0.25, -0.2) is 0 Å². The second-order valence-corrected chi connectivity index (χ2v) is 14.5. The SMILES string of the molecule is CC/C=C\C/C=C\C/C=C\C/C=C\C/C=C\C/C=C\CCC(=O)OC(COC(=O)CCCCCCCCCCCCCCC)COP(O)OCC(N)C(=O)O. The number of unbranched alkanes of at least 4 members (excludes halogenated alkanes) is 12. The van der Waals surface area contributed by atoms with Gasteiger partial charge in [-0.05, 0) is 51.4 Å². The molecule has 0 aromatic carbocycles. The van der Waals surface area contributed by atoms with Crippen LogP contribution >= 0.6 is 8.60 Å². The average molecular weight is 792 g/mol. The molecule has 10 nitrogen and oxygen atoms in total. The predicted molar refractivity (Wildman–Crippen MR) is 225 cm³/mol. The van der Waals surface area contributed by atoms with Gasteiger partial charge in [-0.1, -0.05) is 164 Å². The van der Waals surface area contributed by atoms with Crippen molar-refractivity contribution in [3.05, 3.63) is 72.9 Å². The summed E-state index contributed by atoms with van der Waals surface area (Å²) in [4.78, 5) is 45.9. The molecule has 11 heteroatoms. The summed E-state index contributed by atoms with van der Waals surface area (Å²) in [6.07, 6.45) is 46.6. The number of ether oxygens (including phenoxy) is 2. The van der Waals surface area contributed by atoms with Gasteiger partial charge < -0.3 is 34.3 Å². The van der Waals surface area contributed by atoms with Gasteiger partial charge in [0.15, 0.2) is 6.10 Å². The summed E-state index contributed by atoms with van der Waals surface area (Å²) in [7, 11) is -2.48. The third-order valence-corrected chi connectivity index (χ3v) is 9.12. The molecule has 0 aromatic rings. The van der Waals surface area contributed by atoms with Gasteiger partial charge in [0, 0.05) is 12.8 Å². The van der Waals surface area contributed by atoms with Gasteiger partial charge in [-0.3, -0.25) is 14.4 Å². The molecule has 0 saturated heterocycles. The number of aliphatic carboxylic acids is 1. The Balaban J connectivity index is 4.42. The fourth-order valence-corrected chi connectivity index (χ4v) is 5.80. The molecule has 55 heavy (non-hydrogen) atoms. The van der Waals surface area contributed by atoms with Crippen LogP contribution in [0.2, 0.25) is 0 Å². The van der Waals surface area contributed by atoms with E-state index in [4.69, 9.17) is 29.4 Å². The van der Waals surface area contributed by atoms with E-state index in [9.17, 15) is 19.3 Å². The van der Waals surface area contributed by atoms with Crippen LogP contribution in [-0.2, 0) is 32.9 Å². The van der Waals surface area contributed by atoms with Crippen LogP contribution in [0.3, 0.4) is 0 Å². The summed E-state index contributed by atoms with van der Waals surface area (Å²) in [5.41, 5.74) is 5.39. The molecule has 0 amide bonds. The Morgan fingerprint density at radius 2 is 1.00 bits per heavy atom. The van der Waals surface area contributed by atoms with E-state index >= 15 is 0 Å². The summed E-state index contributed by atoms with van der Waals surface area (Å²) in [5.74, 6) is -2.17. The zero-order chi connectivity index (χ0) is 40.5. The van der Waals surface area contributed by atoms with Crippen LogP contribution in [0, 0.1) is 0 Å². The fraction of sp³-hybridized carbons (Fsp3) is 0.659. The van der Waals surface area contributed by atoms with Crippen molar-refractivity contribution in [3.8, 4) is 0 Å². The maximum atomic E-state index is 12.6. The van der Waals surface area contributed by atoms with Crippen LogP contribution in [0.15, 0.2) is 72.9 Å². The van der Waals surface area contributed by atoms with Crippen molar-refractivity contribution >= 4 is 26.5 Å². The first-order valence-electron chi connectivity index (χ1n) is 20.8. The highest BCUT2D eigenvalue weighted by Crippen LogP contribution is 2.33. The zero-order valence-electron chi connectivity index (χ0n) is 34.0. The zero-order valence-corrected chi connectivity index (χ0v) is 34.9. The molecule has 0 aliphatic carbocycles. The molecule has 0 fully saturated rings. The molecule has 0 heterocycles. The smallest absolute Gasteiger partial charge is 0.330 e. The summed E-state index contributed by atoms with van der Waals surface area (Å²) >= 11 is 0. The molecule has 4 N–H and O–H groups in total. The highest BCUT2D eigenvalue weighted by molar-refractivity contribution is 7.40. The monoisotopic (exact) mass is 792 g/mol. The van der Waals surface area contributed by atoms with E-state index in [0.29, 0.717) is 6.42 Å². The summed E-state index contributed by atoms with van der Waals surface area (Å²) in [5, 5.41) is 8.89. The van der Waals surface area contributed by atoms with E-state index in [1.165, 1.54) is 64.2 Å². The predicted octanol–water partition coefficient (Wildman–Crippen LogP) is 11.1. The first-order chi connectivity index (χ1) is 26.8. The summed E-state index contributed by atoms with van der Waals surface area (Å²) < 4.78 is 21.1. The molecule has 0 rings (SSSR count). The number of hydrogen-bond acceptors (Lipinski definition) is 9. The van der Waals surface area contributed by atoms with Gasteiger partial charge in [-0.2, -0.15) is 0 Å². The Hall–Kier alpha value is -2.88. The molecule has 0 radical (unpaired) electrons. The number of nitrogens with two attached hydrogens (primary N) is 1. The van der Waals surface area contributed by atoms with Crippen molar-refractivity contribution in [2.24, 2.45) is 5.73 Å². The molecule has 3 atom stereocenters. The van der Waals surface area contributed by atoms with Gasteiger partial charge in [0.05, 0.1) is 13.2 Å². The lowest BCUT2D eigenvalue weighted by molar-refractivity contribution is -0.161. The van der Waals surface area contributed by atoms with E-state index < -0.39 is 45.3 Å². The Morgan fingerprint density at radius 3 is 1.47 bits per heavy atom. The van der Waals surface area contributed by atoms with Crippen molar-refractivity contribution < 1.29 is 42.9 Å². The molecular weight excluding hydrogens is 717 g/mol. The van der Waals surface area contributed by atoms with Crippen molar-refractivity contribution in [2.45, 2.75) is 167 Å². The number of carbonyl (C=O) groups excluding carboxylic acids is 2. The van der Waals surface area contributed by atoms with Gasteiger partial charge in [0.1, 0.15) is 12.6 Å². The second kappa shape index (κ2) is 40.8. The third-order valence-electron chi connectivity index (χ3n) is 8.38. The van der Waals surface area contributed by atoms with Gasteiger partial charge in [-0.15, -0.1) is 0 Å². The Morgan fingerprint density at radius 1 is 0.564 bits per heavy atom. The van der Waals surface area contributed by atoms with Crippen LogP contribution in [0.5, 0.6) is 0 Å². The fourth-order valence-electron chi connectivity index (χ4n) is 5.15. The molecule has 0 aliphatic rings. The Bertz CT molecular complexity index is 1120. The first kappa shape index (κ1) is 52.1. The minimum Gasteiger partial charge on any atom is -0.480 e. The Labute approximate surface area is 334 Å². The van der Waals surface area contributed by atoms with E-state index in [1.807, 2.05) is 12.2 Å². The molecule has 314 valence electrons. The second-order valence-electron chi connectivity index (χ2n) is 13.5. The number of hydrogen-bond donors (Lipinski definition) is 3. The first-order valence-corrected chi connectivity index (χ1v) is 21.9. The van der Waals surface area contributed by atoms with Gasteiger partial charge in [0.2, 0.25) is 0 Å². The number of rotatable bonds is 38. The van der Waals surface area contributed by atoms with Crippen LogP contribution in [0.25, 0.3) is 0 Å². The lowest BCUT2D eigenvalue weighted by Crippen LogP contribution is -2.34. The third kappa shape index (κ3) is 39.2. The highest BCUT2D eigenvalue weighted by Gasteiger charge is 2.21. The lowest BCUT2D eigenvalue weighted by atomic mass is 10.0. The standard InChI is InChI=1S/C44H74NO9P/c1-3-5-7-9-11-13-15-17-18-19-20-21-22-24-26-28-30-32-34-36-43(47)54-40(38-52-55(50)53-39-41(45)44(48)49)37-51-42(46)35-33-31-29-27-25-23-16-14-12-10-8-6-4-2/h5,7,11,13,17-18,20-21,24,26,30,32,40-41,50H,3-4,6,8-10,12,14-16,19,22-23,25,27-29,31,33-39,45H2,1-2H3,(H,48,49)/b7-5-,13-11-,18-17-,21-20-,26-24-,32-30-. The van der Waals surface area contributed by atoms with E-state index in [1.54, 1.807) is 0 Å². The molecular formula is C44H74NO9P. The maximum Gasteiger partial charge on any atom is 0.330 e. The number of carbonyl (C=O) groups is 3. The van der Waals surface area contributed by atoms with Gasteiger partial charge >= 0.3 is 26.5 Å². The number of carboxylic acids is 1. The molecule has 0 bridgehead atoms. The number of carboxylic acid groups (broad SMARTS) is 1. The normalized spacial score (nSPS) is 14.0. The maximum absolute atomic E-state index is 12.6. The van der Waals surface area contributed by atoms with E-state index in [2.05, 4.69) is 74.6 Å². The van der Waals surface area contributed by atoms with Crippen LogP contribution in [0.4, 0.5) is 0 Å². The van der Waals surface area contributed by atoms with Crippen molar-refractivity contribution in [1.29, 1.82) is 0 Å². The minimum atomic E-state index is -2.48. The Kier molecular flexibility index (Phi) is 38.6. The molecule has 0 aliphatic heterocycles. The number of esters is 2. The van der Waals surface area contributed by atoms with E-state index in [0.717, 1.165) is 57.8 Å². The quantitative estimate of drug-likeness (QED) is 0.0238. The molecule has 0 spiro atoms. The molecule has 0 saturated carbocycles. The van der Waals surface area contributed by atoms with Crippen molar-refractivity contribution in [3.63, 3.8) is 0 Å². The number of allylic oxidation sites excluding steroid dienone is 12. The van der Waals surface area contributed by atoms with E-state index in [-0.39, 0.29) is 26.1 Å². The van der Waals surface area contributed by atoms with Crippen LogP contribution in [0.1, 0.15) is 155 Å². The molecule has 0 aromatic heterocycles. The molecule has 3 unspecified atom stereocenters. The lowest BCUT2D eigenvalue weighted by Gasteiger charge is -2.19. The topological polar surface area (TPSA) is 155 Å².